The molecule has 1 aromatic carbocycles. The van der Waals surface area contributed by atoms with Gasteiger partial charge >= 0.3 is 6.18 Å². The fraction of sp³-hybridized carbons (Fsp3) is 0.273. The van der Waals surface area contributed by atoms with Crippen LogP contribution in [0.1, 0.15) is 29.5 Å². The lowest BCUT2D eigenvalue weighted by Gasteiger charge is -2.15. The molecule has 0 fully saturated rings. The minimum absolute atomic E-state index is 0.427. The molecule has 1 rings (SSSR count). The first kappa shape index (κ1) is 13.0. The van der Waals surface area contributed by atoms with Gasteiger partial charge in [0.2, 0.25) is 0 Å². The number of benzene rings is 1. The molecule has 0 saturated heterocycles. The number of rotatable bonds is 1. The molecule has 6 heteroatoms. The van der Waals surface area contributed by atoms with E-state index in [0.717, 1.165) is 0 Å². The second kappa shape index (κ2) is 4.42. The predicted molar refractivity (Wildman–Crippen MR) is 50.1 cm³/mol. The van der Waals surface area contributed by atoms with E-state index in [1.165, 1.54) is 13.0 Å². The molecule has 0 radical (unpaired) electrons. The van der Waals surface area contributed by atoms with Gasteiger partial charge < -0.3 is 0 Å². The van der Waals surface area contributed by atoms with E-state index < -0.39 is 34.6 Å². The Morgan fingerprint density at radius 3 is 2.24 bits per heavy atom. The van der Waals surface area contributed by atoms with Crippen molar-refractivity contribution in [3.63, 3.8) is 0 Å². The SMILES string of the molecule is CC(C#N)c1c(F)cc(C#N)cc1C(F)(F)F. The molecule has 0 N–H and O–H groups in total. The lowest BCUT2D eigenvalue weighted by atomic mass is 9.94. The number of nitrogens with zero attached hydrogens (tertiary/aromatic N) is 2. The van der Waals surface area contributed by atoms with Gasteiger partial charge in [-0.3, -0.25) is 0 Å². The highest BCUT2D eigenvalue weighted by atomic mass is 19.4. The standard InChI is InChI=1S/C11H6F4N2/c1-6(4-16)10-8(11(13,14)15)2-7(5-17)3-9(10)12/h2-3,6H,1H3. The zero-order valence-electron chi connectivity index (χ0n) is 8.64. The van der Waals surface area contributed by atoms with Crippen molar-refractivity contribution in [1.29, 1.82) is 10.5 Å². The van der Waals surface area contributed by atoms with Crippen molar-refractivity contribution in [2.45, 2.75) is 19.0 Å². The topological polar surface area (TPSA) is 47.6 Å². The Balaban J connectivity index is 3.60. The van der Waals surface area contributed by atoms with E-state index >= 15 is 0 Å². The number of halogens is 4. The number of hydrogen-bond acceptors (Lipinski definition) is 2. The van der Waals surface area contributed by atoms with E-state index in [4.69, 9.17) is 10.5 Å². The van der Waals surface area contributed by atoms with Gasteiger partial charge in [-0.25, -0.2) is 4.39 Å². The van der Waals surface area contributed by atoms with Gasteiger partial charge in [0.25, 0.3) is 0 Å². The van der Waals surface area contributed by atoms with Crippen molar-refractivity contribution in [3.8, 4) is 12.1 Å². The first-order valence-corrected chi connectivity index (χ1v) is 4.51. The third-order valence-corrected chi connectivity index (χ3v) is 2.19. The highest BCUT2D eigenvalue weighted by molar-refractivity contribution is 5.43. The average molecular weight is 242 g/mol. The summed E-state index contributed by atoms with van der Waals surface area (Å²) < 4.78 is 51.4. The van der Waals surface area contributed by atoms with Crippen molar-refractivity contribution < 1.29 is 17.6 Å². The molecule has 0 bridgehead atoms. The Morgan fingerprint density at radius 1 is 1.24 bits per heavy atom. The van der Waals surface area contributed by atoms with Crippen LogP contribution in [0, 0.1) is 28.5 Å². The maximum absolute atomic E-state index is 13.5. The van der Waals surface area contributed by atoms with E-state index in [9.17, 15) is 17.6 Å². The van der Waals surface area contributed by atoms with Crippen LogP contribution in [0.15, 0.2) is 12.1 Å². The van der Waals surface area contributed by atoms with Crippen LogP contribution in [-0.4, -0.2) is 0 Å². The highest BCUT2D eigenvalue weighted by Gasteiger charge is 2.36. The van der Waals surface area contributed by atoms with E-state index in [2.05, 4.69) is 0 Å². The summed E-state index contributed by atoms with van der Waals surface area (Å²) in [5.41, 5.74) is -2.43. The van der Waals surface area contributed by atoms with Crippen molar-refractivity contribution in [2.75, 3.05) is 0 Å². The Hall–Kier alpha value is -2.08. The van der Waals surface area contributed by atoms with Gasteiger partial charge in [-0.05, 0) is 19.1 Å². The van der Waals surface area contributed by atoms with E-state index in [1.807, 2.05) is 0 Å². The minimum Gasteiger partial charge on any atom is -0.207 e. The molecule has 0 aliphatic carbocycles. The monoisotopic (exact) mass is 242 g/mol. The Morgan fingerprint density at radius 2 is 1.82 bits per heavy atom. The predicted octanol–water partition coefficient (Wildman–Crippen LogP) is 3.34. The summed E-state index contributed by atoms with van der Waals surface area (Å²) >= 11 is 0. The summed E-state index contributed by atoms with van der Waals surface area (Å²) in [4.78, 5) is 0. The lowest BCUT2D eigenvalue weighted by Crippen LogP contribution is -2.13. The molecule has 1 unspecified atom stereocenters. The quantitative estimate of drug-likeness (QED) is 0.709. The largest absolute Gasteiger partial charge is 0.416 e. The van der Waals surface area contributed by atoms with Crippen molar-refractivity contribution in [1.82, 2.24) is 0 Å². The van der Waals surface area contributed by atoms with Gasteiger partial charge in [-0.2, -0.15) is 23.7 Å². The molecule has 17 heavy (non-hydrogen) atoms. The summed E-state index contributed by atoms with van der Waals surface area (Å²) in [6.45, 7) is 1.17. The van der Waals surface area contributed by atoms with E-state index in [-0.39, 0.29) is 0 Å². The summed E-state index contributed by atoms with van der Waals surface area (Å²) in [5, 5.41) is 17.1. The maximum atomic E-state index is 13.5. The molecule has 0 aromatic heterocycles. The van der Waals surface area contributed by atoms with Gasteiger partial charge in [-0.1, -0.05) is 0 Å². The zero-order chi connectivity index (χ0) is 13.2. The van der Waals surface area contributed by atoms with Crippen LogP contribution >= 0.6 is 0 Å². The fourth-order valence-corrected chi connectivity index (χ4v) is 1.42. The van der Waals surface area contributed by atoms with Crippen molar-refractivity contribution in [3.05, 3.63) is 34.6 Å². The molecule has 0 saturated carbocycles. The Kier molecular flexibility index (Phi) is 3.38. The van der Waals surface area contributed by atoms with Crippen LogP contribution in [0.3, 0.4) is 0 Å². The van der Waals surface area contributed by atoms with Gasteiger partial charge in [0.1, 0.15) is 5.82 Å². The average Bonchev–Trinajstić information content (AvgIpc) is 2.25. The normalized spacial score (nSPS) is 12.6. The minimum atomic E-state index is -4.80. The molecule has 1 atom stereocenters. The summed E-state index contributed by atoms with van der Waals surface area (Å²) in [7, 11) is 0. The zero-order valence-corrected chi connectivity index (χ0v) is 8.64. The van der Waals surface area contributed by atoms with Crippen molar-refractivity contribution in [2.24, 2.45) is 0 Å². The molecule has 1 aromatic rings. The molecule has 88 valence electrons. The summed E-state index contributed by atoms with van der Waals surface area (Å²) in [6, 6.07) is 4.23. The Bertz CT molecular complexity index is 520. The highest BCUT2D eigenvalue weighted by Crippen LogP contribution is 2.37. The first-order chi connectivity index (χ1) is 7.81. The van der Waals surface area contributed by atoms with Crippen LogP contribution in [-0.2, 0) is 6.18 Å². The van der Waals surface area contributed by atoms with E-state index in [1.54, 1.807) is 6.07 Å². The van der Waals surface area contributed by atoms with Crippen LogP contribution in [0.2, 0.25) is 0 Å². The van der Waals surface area contributed by atoms with Gasteiger partial charge in [-0.15, -0.1) is 0 Å². The molecule has 2 nitrogen and oxygen atoms in total. The molecule has 0 heterocycles. The number of alkyl halides is 3. The molecule has 0 amide bonds. The number of hydrogen-bond donors (Lipinski definition) is 0. The summed E-state index contributed by atoms with van der Waals surface area (Å²) in [6.07, 6.45) is -4.80. The Labute approximate surface area is 94.7 Å². The van der Waals surface area contributed by atoms with Crippen LogP contribution in [0.4, 0.5) is 17.6 Å². The molecule has 0 spiro atoms. The van der Waals surface area contributed by atoms with Gasteiger partial charge in [0, 0.05) is 5.56 Å². The maximum Gasteiger partial charge on any atom is 0.416 e. The van der Waals surface area contributed by atoms with Crippen LogP contribution < -0.4 is 0 Å². The lowest BCUT2D eigenvalue weighted by molar-refractivity contribution is -0.138. The van der Waals surface area contributed by atoms with E-state index in [0.29, 0.717) is 12.1 Å². The van der Waals surface area contributed by atoms with Gasteiger partial charge in [0.15, 0.2) is 0 Å². The second-order valence-corrected chi connectivity index (χ2v) is 3.38. The molecule has 0 aliphatic heterocycles. The molecular formula is C11H6F4N2. The number of nitriles is 2. The first-order valence-electron chi connectivity index (χ1n) is 4.51. The van der Waals surface area contributed by atoms with Crippen LogP contribution in [0.25, 0.3) is 0 Å². The molecule has 0 aliphatic rings. The molecular weight excluding hydrogens is 236 g/mol. The third-order valence-electron chi connectivity index (χ3n) is 2.19. The second-order valence-electron chi connectivity index (χ2n) is 3.38. The summed E-state index contributed by atoms with van der Waals surface area (Å²) in [5.74, 6) is -2.43. The van der Waals surface area contributed by atoms with Crippen LogP contribution in [0.5, 0.6) is 0 Å². The smallest absolute Gasteiger partial charge is 0.207 e. The third kappa shape index (κ3) is 2.54. The van der Waals surface area contributed by atoms with Gasteiger partial charge in [0.05, 0.1) is 29.2 Å². The fourth-order valence-electron chi connectivity index (χ4n) is 1.42. The van der Waals surface area contributed by atoms with Crippen molar-refractivity contribution >= 4 is 0 Å².